The number of hydrogen-bond donors (Lipinski definition) is 2. The molecule has 0 aliphatic heterocycles. The number of hydrogen-bond acceptors (Lipinski definition) is 3. The number of carboxylic acids is 1. The lowest BCUT2D eigenvalue weighted by Gasteiger charge is -2.06. The van der Waals surface area contributed by atoms with Gasteiger partial charge in [-0.2, -0.15) is 5.10 Å². The molecule has 3 aromatic rings. The first-order valence-electron chi connectivity index (χ1n) is 7.26. The van der Waals surface area contributed by atoms with E-state index in [9.17, 15) is 4.79 Å². The molecule has 0 aliphatic carbocycles. The molecule has 0 bridgehead atoms. The molecule has 0 fully saturated rings. The summed E-state index contributed by atoms with van der Waals surface area (Å²) in [6, 6.07) is 20.9. The first-order chi connectivity index (χ1) is 11.1. The molecule has 0 amide bonds. The molecule has 0 unspecified atom stereocenters. The minimum Gasteiger partial charge on any atom is -0.478 e. The van der Waals surface area contributed by atoms with Crippen molar-refractivity contribution in [3.8, 4) is 0 Å². The molecule has 3 rings (SSSR count). The quantitative estimate of drug-likeness (QED) is 0.555. The van der Waals surface area contributed by atoms with Crippen molar-refractivity contribution in [1.29, 1.82) is 0 Å². The van der Waals surface area contributed by atoms with E-state index in [1.54, 1.807) is 24.3 Å². The van der Waals surface area contributed by atoms with Crippen LogP contribution < -0.4 is 5.43 Å². The minimum absolute atomic E-state index is 0.230. The maximum Gasteiger partial charge on any atom is 0.335 e. The average Bonchev–Trinajstić information content (AvgIpc) is 2.59. The van der Waals surface area contributed by atoms with E-state index >= 15 is 0 Å². The molecule has 3 aromatic carbocycles. The summed E-state index contributed by atoms with van der Waals surface area (Å²) in [5, 5.41) is 15.7. The van der Waals surface area contributed by atoms with E-state index in [-0.39, 0.29) is 5.56 Å². The molecule has 0 radical (unpaired) electrons. The average molecular weight is 304 g/mol. The van der Waals surface area contributed by atoms with Crippen LogP contribution in [0, 0.1) is 0 Å². The van der Waals surface area contributed by atoms with E-state index in [1.165, 1.54) is 5.39 Å². The highest BCUT2D eigenvalue weighted by Gasteiger charge is 2.03. The Morgan fingerprint density at radius 3 is 2.48 bits per heavy atom. The van der Waals surface area contributed by atoms with Gasteiger partial charge in [0.1, 0.15) is 0 Å². The third-order valence-corrected chi connectivity index (χ3v) is 3.63. The molecule has 0 aliphatic rings. The van der Waals surface area contributed by atoms with Gasteiger partial charge in [-0.15, -0.1) is 0 Å². The van der Waals surface area contributed by atoms with Crippen molar-refractivity contribution >= 4 is 28.1 Å². The van der Waals surface area contributed by atoms with Crippen molar-refractivity contribution < 1.29 is 9.90 Å². The zero-order chi connectivity index (χ0) is 16.2. The van der Waals surface area contributed by atoms with E-state index in [0.717, 1.165) is 16.7 Å². The topological polar surface area (TPSA) is 61.7 Å². The second-order valence-corrected chi connectivity index (χ2v) is 5.26. The van der Waals surface area contributed by atoms with Gasteiger partial charge in [0.25, 0.3) is 0 Å². The highest BCUT2D eigenvalue weighted by atomic mass is 16.4. The fraction of sp³-hybridized carbons (Fsp3) is 0.0526. The summed E-state index contributed by atoms with van der Waals surface area (Å²) in [6.07, 6.45) is 0. The number of anilines is 1. The summed E-state index contributed by atoms with van der Waals surface area (Å²) in [4.78, 5) is 11.0. The molecular weight excluding hydrogens is 288 g/mol. The summed E-state index contributed by atoms with van der Waals surface area (Å²) < 4.78 is 0. The molecule has 4 nitrogen and oxygen atoms in total. The number of hydrazone groups is 1. The number of nitrogens with one attached hydrogen (secondary N) is 1. The number of carbonyl (C=O) groups is 1. The van der Waals surface area contributed by atoms with Crippen LogP contribution in [0.25, 0.3) is 10.8 Å². The van der Waals surface area contributed by atoms with Crippen LogP contribution in [0.15, 0.2) is 71.8 Å². The Hall–Kier alpha value is -3.14. The second-order valence-electron chi connectivity index (χ2n) is 5.26. The highest BCUT2D eigenvalue weighted by Crippen LogP contribution is 2.17. The van der Waals surface area contributed by atoms with Crippen molar-refractivity contribution in [2.24, 2.45) is 5.10 Å². The Kier molecular flexibility index (Phi) is 4.06. The van der Waals surface area contributed by atoms with Crippen LogP contribution in [-0.2, 0) is 0 Å². The molecule has 0 aromatic heterocycles. The predicted octanol–water partition coefficient (Wildman–Crippen LogP) is 4.37. The lowest BCUT2D eigenvalue weighted by Crippen LogP contribution is -2.01. The van der Waals surface area contributed by atoms with Crippen LogP contribution in [-0.4, -0.2) is 16.8 Å². The monoisotopic (exact) mass is 304 g/mol. The summed E-state index contributed by atoms with van der Waals surface area (Å²) in [6.45, 7) is 1.91. The number of benzene rings is 3. The predicted molar refractivity (Wildman–Crippen MR) is 93.2 cm³/mol. The van der Waals surface area contributed by atoms with Crippen LogP contribution in [0.3, 0.4) is 0 Å². The van der Waals surface area contributed by atoms with Crippen molar-refractivity contribution in [2.75, 3.05) is 5.43 Å². The molecule has 0 saturated heterocycles. The number of carboxylic acid groups (broad SMARTS) is 1. The van der Waals surface area contributed by atoms with Gasteiger partial charge in [0.15, 0.2) is 0 Å². The Morgan fingerprint density at radius 1 is 0.913 bits per heavy atom. The lowest BCUT2D eigenvalue weighted by molar-refractivity contribution is 0.0697. The number of nitrogens with zero attached hydrogens (tertiary/aromatic N) is 1. The van der Waals surface area contributed by atoms with Gasteiger partial charge >= 0.3 is 5.97 Å². The third kappa shape index (κ3) is 3.37. The van der Waals surface area contributed by atoms with Crippen LogP contribution in [0.4, 0.5) is 5.69 Å². The van der Waals surface area contributed by atoms with E-state index in [1.807, 2.05) is 25.1 Å². The maximum absolute atomic E-state index is 11.0. The molecule has 114 valence electrons. The number of aromatic carboxylic acids is 1. The Labute approximate surface area is 134 Å². The van der Waals surface area contributed by atoms with Crippen LogP contribution in [0.1, 0.15) is 22.8 Å². The van der Waals surface area contributed by atoms with Gasteiger partial charge in [-0.1, -0.05) is 42.5 Å². The molecule has 0 heterocycles. The van der Waals surface area contributed by atoms with Gasteiger partial charge in [0, 0.05) is 0 Å². The smallest absolute Gasteiger partial charge is 0.335 e. The van der Waals surface area contributed by atoms with Gasteiger partial charge in [-0.3, -0.25) is 5.43 Å². The molecule has 0 atom stereocenters. The SMILES string of the molecule is CC(=NNc1cccc(C(=O)O)c1)c1ccc2ccccc2c1. The zero-order valence-electron chi connectivity index (χ0n) is 12.7. The summed E-state index contributed by atoms with van der Waals surface area (Å²) in [7, 11) is 0. The molecule has 4 heteroatoms. The fourth-order valence-electron chi connectivity index (χ4n) is 2.35. The van der Waals surface area contributed by atoms with E-state index in [0.29, 0.717) is 5.69 Å². The van der Waals surface area contributed by atoms with E-state index in [2.05, 4.69) is 34.8 Å². The lowest BCUT2D eigenvalue weighted by atomic mass is 10.0. The van der Waals surface area contributed by atoms with Crippen molar-refractivity contribution in [3.63, 3.8) is 0 Å². The van der Waals surface area contributed by atoms with Gasteiger partial charge in [0.05, 0.1) is 17.0 Å². The zero-order valence-corrected chi connectivity index (χ0v) is 12.7. The van der Waals surface area contributed by atoms with E-state index in [4.69, 9.17) is 5.11 Å². The maximum atomic E-state index is 11.0. The van der Waals surface area contributed by atoms with Crippen LogP contribution in [0.2, 0.25) is 0 Å². The third-order valence-electron chi connectivity index (χ3n) is 3.63. The fourth-order valence-corrected chi connectivity index (χ4v) is 2.35. The molecule has 0 saturated carbocycles. The molecular formula is C19H16N2O2. The number of rotatable bonds is 4. The highest BCUT2D eigenvalue weighted by molar-refractivity contribution is 6.02. The van der Waals surface area contributed by atoms with Gasteiger partial charge < -0.3 is 5.11 Å². The van der Waals surface area contributed by atoms with E-state index < -0.39 is 5.97 Å². The minimum atomic E-state index is -0.955. The standard InChI is InChI=1S/C19H16N2O2/c1-13(15-10-9-14-5-2-3-6-16(14)11-15)20-21-18-8-4-7-17(12-18)19(22)23/h2-12,21H,1H3,(H,22,23). The second kappa shape index (κ2) is 6.32. The van der Waals surface area contributed by atoms with Crippen molar-refractivity contribution in [2.45, 2.75) is 6.92 Å². The Bertz CT molecular complexity index is 901. The van der Waals surface area contributed by atoms with Gasteiger partial charge in [-0.05, 0) is 47.5 Å². The van der Waals surface area contributed by atoms with Gasteiger partial charge in [-0.25, -0.2) is 4.79 Å². The first-order valence-corrected chi connectivity index (χ1v) is 7.26. The molecule has 23 heavy (non-hydrogen) atoms. The van der Waals surface area contributed by atoms with Crippen molar-refractivity contribution in [1.82, 2.24) is 0 Å². The largest absolute Gasteiger partial charge is 0.478 e. The normalized spacial score (nSPS) is 11.4. The van der Waals surface area contributed by atoms with Crippen LogP contribution in [0.5, 0.6) is 0 Å². The Morgan fingerprint density at radius 2 is 1.70 bits per heavy atom. The van der Waals surface area contributed by atoms with Crippen LogP contribution >= 0.6 is 0 Å². The van der Waals surface area contributed by atoms with Crippen molar-refractivity contribution in [3.05, 3.63) is 77.9 Å². The summed E-state index contributed by atoms with van der Waals surface area (Å²) >= 11 is 0. The molecule has 0 spiro atoms. The summed E-state index contributed by atoms with van der Waals surface area (Å²) in [5.74, 6) is -0.955. The first kappa shape index (κ1) is 14.8. The van der Waals surface area contributed by atoms with Gasteiger partial charge in [0.2, 0.25) is 0 Å². The summed E-state index contributed by atoms with van der Waals surface area (Å²) in [5.41, 5.74) is 5.63. The Balaban J connectivity index is 1.83. The molecule has 2 N–H and O–H groups in total. The number of fused-ring (bicyclic) bond motifs is 1.